The lowest BCUT2D eigenvalue weighted by Gasteiger charge is -2.25. The summed E-state index contributed by atoms with van der Waals surface area (Å²) in [6.45, 7) is 1.13. The van der Waals surface area contributed by atoms with Crippen molar-refractivity contribution in [3.8, 4) is 6.07 Å². The van der Waals surface area contributed by atoms with Crippen molar-refractivity contribution in [2.45, 2.75) is 25.3 Å². The number of hydrogen-bond donors (Lipinski definition) is 1. The number of pyridine rings is 1. The molecule has 0 spiro atoms. The molecular formula is C14H14BrN3. The lowest BCUT2D eigenvalue weighted by Crippen LogP contribution is -2.37. The fraction of sp³-hybridized carbons (Fsp3) is 0.429. The SMILES string of the molecule is N#Cc1cc(C2=C[C@@H]3CCCN[C@@H]3C2)cnc1Br. The quantitative estimate of drug-likeness (QED) is 0.812. The molecule has 0 bridgehead atoms. The van der Waals surface area contributed by atoms with Crippen LogP contribution >= 0.6 is 15.9 Å². The van der Waals surface area contributed by atoms with E-state index < -0.39 is 0 Å². The third-order valence-corrected chi connectivity index (χ3v) is 4.45. The Balaban J connectivity index is 1.90. The number of nitrogens with zero attached hydrogens (tertiary/aromatic N) is 2. The van der Waals surface area contributed by atoms with E-state index in [9.17, 15) is 0 Å². The first kappa shape index (κ1) is 11.9. The van der Waals surface area contributed by atoms with Crippen LogP contribution in [0.3, 0.4) is 0 Å². The molecule has 2 atom stereocenters. The Morgan fingerprint density at radius 3 is 3.17 bits per heavy atom. The molecule has 4 heteroatoms. The molecule has 1 aliphatic heterocycles. The van der Waals surface area contributed by atoms with Gasteiger partial charge in [0.15, 0.2) is 0 Å². The molecule has 18 heavy (non-hydrogen) atoms. The van der Waals surface area contributed by atoms with Gasteiger partial charge in [0.2, 0.25) is 0 Å². The van der Waals surface area contributed by atoms with Gasteiger partial charge in [-0.3, -0.25) is 0 Å². The Bertz CT molecular complexity index is 544. The van der Waals surface area contributed by atoms with Crippen molar-refractivity contribution in [1.29, 1.82) is 5.26 Å². The highest BCUT2D eigenvalue weighted by Crippen LogP contribution is 2.36. The normalized spacial score (nSPS) is 26.3. The fourth-order valence-electron chi connectivity index (χ4n) is 2.88. The first-order valence-electron chi connectivity index (χ1n) is 6.28. The topological polar surface area (TPSA) is 48.7 Å². The van der Waals surface area contributed by atoms with Crippen LogP contribution in [0.15, 0.2) is 22.9 Å². The molecule has 1 saturated heterocycles. The van der Waals surface area contributed by atoms with Gasteiger partial charge in [-0.25, -0.2) is 4.98 Å². The summed E-state index contributed by atoms with van der Waals surface area (Å²) in [4.78, 5) is 4.24. The van der Waals surface area contributed by atoms with Crippen molar-refractivity contribution in [2.75, 3.05) is 6.54 Å². The second kappa shape index (κ2) is 4.83. The summed E-state index contributed by atoms with van der Waals surface area (Å²) in [5.74, 6) is 0.655. The first-order valence-corrected chi connectivity index (χ1v) is 7.07. The molecule has 0 radical (unpaired) electrons. The van der Waals surface area contributed by atoms with Crippen LogP contribution in [0.25, 0.3) is 5.57 Å². The zero-order valence-corrected chi connectivity index (χ0v) is 11.6. The molecule has 1 aromatic rings. The monoisotopic (exact) mass is 303 g/mol. The molecule has 3 rings (SSSR count). The molecule has 2 aliphatic rings. The summed E-state index contributed by atoms with van der Waals surface area (Å²) >= 11 is 3.29. The highest BCUT2D eigenvalue weighted by atomic mass is 79.9. The van der Waals surface area contributed by atoms with E-state index in [0.717, 1.165) is 18.5 Å². The number of piperidine rings is 1. The van der Waals surface area contributed by atoms with E-state index in [0.29, 0.717) is 22.1 Å². The summed E-state index contributed by atoms with van der Waals surface area (Å²) in [5, 5.41) is 12.6. The van der Waals surface area contributed by atoms with Gasteiger partial charge in [-0.05, 0) is 64.9 Å². The summed E-state index contributed by atoms with van der Waals surface area (Å²) in [6, 6.07) is 4.69. The van der Waals surface area contributed by atoms with Crippen molar-refractivity contribution in [2.24, 2.45) is 5.92 Å². The highest BCUT2D eigenvalue weighted by molar-refractivity contribution is 9.10. The number of halogens is 1. The summed E-state index contributed by atoms with van der Waals surface area (Å²) in [7, 11) is 0. The predicted octanol–water partition coefficient (Wildman–Crippen LogP) is 2.87. The average Bonchev–Trinajstić information content (AvgIpc) is 2.83. The Kier molecular flexibility index (Phi) is 3.19. The Hall–Kier alpha value is -1.18. The van der Waals surface area contributed by atoms with Crippen LogP contribution in [0.5, 0.6) is 0 Å². The minimum absolute atomic E-state index is 0.586. The molecule has 1 N–H and O–H groups in total. The maximum atomic E-state index is 9.04. The predicted molar refractivity (Wildman–Crippen MR) is 73.8 cm³/mol. The maximum Gasteiger partial charge on any atom is 0.123 e. The van der Waals surface area contributed by atoms with Gasteiger partial charge in [-0.15, -0.1) is 0 Å². The van der Waals surface area contributed by atoms with E-state index in [2.05, 4.69) is 38.4 Å². The Morgan fingerprint density at radius 2 is 2.39 bits per heavy atom. The minimum atomic E-state index is 0.586. The van der Waals surface area contributed by atoms with E-state index in [1.807, 2.05) is 12.3 Å². The van der Waals surface area contributed by atoms with Gasteiger partial charge in [0.1, 0.15) is 10.7 Å². The summed E-state index contributed by atoms with van der Waals surface area (Å²) in [5.41, 5.74) is 3.03. The molecule has 1 aromatic heterocycles. The van der Waals surface area contributed by atoms with Gasteiger partial charge in [0.25, 0.3) is 0 Å². The van der Waals surface area contributed by atoms with E-state index in [-0.39, 0.29) is 0 Å². The molecule has 1 fully saturated rings. The maximum absolute atomic E-state index is 9.04. The number of fused-ring (bicyclic) bond motifs is 1. The molecular weight excluding hydrogens is 290 g/mol. The fourth-order valence-corrected chi connectivity index (χ4v) is 3.19. The van der Waals surface area contributed by atoms with E-state index in [1.54, 1.807) is 0 Å². The van der Waals surface area contributed by atoms with Gasteiger partial charge < -0.3 is 5.32 Å². The van der Waals surface area contributed by atoms with Crippen LogP contribution in [-0.2, 0) is 0 Å². The molecule has 2 heterocycles. The van der Waals surface area contributed by atoms with E-state index in [1.165, 1.54) is 18.4 Å². The number of nitriles is 1. The van der Waals surface area contributed by atoms with Crippen molar-refractivity contribution >= 4 is 21.5 Å². The highest BCUT2D eigenvalue weighted by Gasteiger charge is 2.30. The van der Waals surface area contributed by atoms with Crippen molar-refractivity contribution in [1.82, 2.24) is 10.3 Å². The Morgan fingerprint density at radius 1 is 1.50 bits per heavy atom. The van der Waals surface area contributed by atoms with Crippen molar-refractivity contribution in [3.05, 3.63) is 34.1 Å². The lowest BCUT2D eigenvalue weighted by atomic mass is 9.94. The summed E-state index contributed by atoms with van der Waals surface area (Å²) in [6.07, 6.45) is 7.80. The van der Waals surface area contributed by atoms with E-state index >= 15 is 0 Å². The van der Waals surface area contributed by atoms with Gasteiger partial charge in [-0.1, -0.05) is 6.08 Å². The van der Waals surface area contributed by atoms with Gasteiger partial charge in [-0.2, -0.15) is 5.26 Å². The molecule has 1 aliphatic carbocycles. The van der Waals surface area contributed by atoms with Crippen LogP contribution in [0.2, 0.25) is 0 Å². The number of nitrogens with one attached hydrogen (secondary N) is 1. The zero-order valence-electron chi connectivity index (χ0n) is 9.99. The van der Waals surface area contributed by atoms with Crippen molar-refractivity contribution in [3.63, 3.8) is 0 Å². The van der Waals surface area contributed by atoms with Gasteiger partial charge >= 0.3 is 0 Å². The molecule has 0 saturated carbocycles. The molecule has 0 amide bonds. The van der Waals surface area contributed by atoms with Crippen LogP contribution < -0.4 is 5.32 Å². The average molecular weight is 304 g/mol. The lowest BCUT2D eigenvalue weighted by molar-refractivity contribution is 0.348. The molecule has 3 nitrogen and oxygen atoms in total. The number of rotatable bonds is 1. The van der Waals surface area contributed by atoms with Crippen molar-refractivity contribution < 1.29 is 0 Å². The smallest absolute Gasteiger partial charge is 0.123 e. The van der Waals surface area contributed by atoms with Crippen LogP contribution in [0.1, 0.15) is 30.4 Å². The number of hydrogen-bond acceptors (Lipinski definition) is 3. The minimum Gasteiger partial charge on any atom is -0.313 e. The molecule has 0 aromatic carbocycles. The van der Waals surface area contributed by atoms with Gasteiger partial charge in [0.05, 0.1) is 5.56 Å². The second-order valence-electron chi connectivity index (χ2n) is 4.94. The third kappa shape index (κ3) is 2.09. The number of aromatic nitrogens is 1. The van der Waals surface area contributed by atoms with Crippen LogP contribution in [0, 0.1) is 17.2 Å². The third-order valence-electron chi connectivity index (χ3n) is 3.82. The first-order chi connectivity index (χ1) is 8.78. The van der Waals surface area contributed by atoms with Crippen LogP contribution in [-0.4, -0.2) is 17.6 Å². The second-order valence-corrected chi connectivity index (χ2v) is 5.69. The zero-order chi connectivity index (χ0) is 12.5. The molecule has 0 unspecified atom stereocenters. The largest absolute Gasteiger partial charge is 0.313 e. The van der Waals surface area contributed by atoms with Gasteiger partial charge in [0, 0.05) is 12.2 Å². The molecule has 92 valence electrons. The van der Waals surface area contributed by atoms with Crippen LogP contribution in [0.4, 0.5) is 0 Å². The van der Waals surface area contributed by atoms with E-state index in [4.69, 9.17) is 5.26 Å². The summed E-state index contributed by atoms with van der Waals surface area (Å²) < 4.78 is 0.628. The standard InChI is InChI=1S/C14H14BrN3/c15-14-11(7-16)5-12(8-18-14)10-4-9-2-1-3-17-13(9)6-10/h4-5,8-9,13,17H,1-3,6H2/t9-,13+/m0/s1. The Labute approximate surface area is 115 Å².